The van der Waals surface area contributed by atoms with Crippen molar-refractivity contribution in [3.63, 3.8) is 0 Å². The molecule has 0 amide bonds. The highest BCUT2D eigenvalue weighted by Crippen LogP contribution is 2.42. The van der Waals surface area contributed by atoms with Crippen LogP contribution in [0.4, 0.5) is 34.1 Å². The maximum absolute atomic E-state index is 2.38. The number of hydrogen-bond acceptors (Lipinski definition) is 2. The van der Waals surface area contributed by atoms with Crippen LogP contribution in [0.1, 0.15) is 22.3 Å². The second-order valence-electron chi connectivity index (χ2n) is 15.9. The number of hydrogen-bond donors (Lipinski definition) is 0. The maximum atomic E-state index is 2.38. The lowest BCUT2D eigenvalue weighted by atomic mass is 10.0. The SMILES string of the molecule is Cc1ccccc1N(c1ccc(-c2ccc(C=Cc3ccc(-c4ccc(N(c5ccccc5C)c5cccc6ccccc56)cc4)cc3)cc2)cc1)c1cccc2ccccc12. The molecule has 0 aromatic heterocycles. The first kappa shape index (κ1) is 38.3. The topological polar surface area (TPSA) is 6.48 Å². The second kappa shape index (κ2) is 17.0. The minimum Gasteiger partial charge on any atom is -0.310 e. The smallest absolute Gasteiger partial charge is 0.0540 e. The molecule has 0 N–H and O–H groups in total. The summed E-state index contributed by atoms with van der Waals surface area (Å²) in [6.07, 6.45) is 4.38. The molecule has 0 heterocycles. The van der Waals surface area contributed by atoms with E-state index in [0.29, 0.717) is 0 Å². The van der Waals surface area contributed by atoms with Gasteiger partial charge in [0.2, 0.25) is 0 Å². The van der Waals surface area contributed by atoms with E-state index < -0.39 is 0 Å². The average Bonchev–Trinajstić information content (AvgIpc) is 3.33. The Balaban J connectivity index is 0.849. The first-order valence-corrected chi connectivity index (χ1v) is 21.3. The van der Waals surface area contributed by atoms with Crippen LogP contribution in [0.3, 0.4) is 0 Å². The van der Waals surface area contributed by atoms with Crippen LogP contribution in [-0.4, -0.2) is 0 Å². The van der Waals surface area contributed by atoms with Crippen LogP contribution in [0, 0.1) is 13.8 Å². The van der Waals surface area contributed by atoms with Crippen molar-refractivity contribution < 1.29 is 0 Å². The largest absolute Gasteiger partial charge is 0.310 e. The number of anilines is 6. The van der Waals surface area contributed by atoms with E-state index in [4.69, 9.17) is 0 Å². The zero-order chi connectivity index (χ0) is 41.8. The van der Waals surface area contributed by atoms with Gasteiger partial charge >= 0.3 is 0 Å². The highest BCUT2D eigenvalue weighted by molar-refractivity contribution is 6.00. The Bertz CT molecular complexity index is 2950. The molecule has 0 radical (unpaired) electrons. The van der Waals surface area contributed by atoms with Crippen LogP contribution in [-0.2, 0) is 0 Å². The number of para-hydroxylation sites is 2. The summed E-state index contributed by atoms with van der Waals surface area (Å²) in [5, 5.41) is 4.91. The molecule has 0 saturated heterocycles. The summed E-state index contributed by atoms with van der Waals surface area (Å²) in [5.74, 6) is 0. The minimum absolute atomic E-state index is 1.13. The van der Waals surface area contributed by atoms with Crippen LogP contribution < -0.4 is 9.80 Å². The average molecular weight is 795 g/mol. The van der Waals surface area contributed by atoms with Crippen molar-refractivity contribution in [2.24, 2.45) is 0 Å². The van der Waals surface area contributed by atoms with Gasteiger partial charge in [-0.25, -0.2) is 0 Å². The minimum atomic E-state index is 1.13. The highest BCUT2D eigenvalue weighted by Gasteiger charge is 2.18. The molecule has 10 rings (SSSR count). The van der Waals surface area contributed by atoms with Crippen molar-refractivity contribution >= 4 is 67.8 Å². The molecule has 0 atom stereocenters. The number of aryl methyl sites for hydroxylation is 2. The van der Waals surface area contributed by atoms with Gasteiger partial charge in [-0.15, -0.1) is 0 Å². The number of rotatable bonds is 10. The molecule has 0 saturated carbocycles. The molecule has 0 fully saturated rings. The lowest BCUT2D eigenvalue weighted by Crippen LogP contribution is -2.11. The van der Waals surface area contributed by atoms with E-state index in [1.165, 1.54) is 77.7 Å². The van der Waals surface area contributed by atoms with Crippen molar-refractivity contribution in [1.82, 2.24) is 0 Å². The molecule has 62 heavy (non-hydrogen) atoms. The molecule has 10 aromatic rings. The van der Waals surface area contributed by atoms with Crippen molar-refractivity contribution in [3.8, 4) is 22.3 Å². The third-order valence-electron chi connectivity index (χ3n) is 11.9. The quantitative estimate of drug-likeness (QED) is 0.127. The van der Waals surface area contributed by atoms with E-state index in [1.54, 1.807) is 0 Å². The normalized spacial score (nSPS) is 11.3. The van der Waals surface area contributed by atoms with Crippen molar-refractivity contribution in [1.29, 1.82) is 0 Å². The molecule has 0 spiro atoms. The fraction of sp³-hybridized carbons (Fsp3) is 0.0333. The summed E-state index contributed by atoms with van der Waals surface area (Å²) in [5.41, 5.74) is 16.5. The predicted molar refractivity (Wildman–Crippen MR) is 267 cm³/mol. The van der Waals surface area contributed by atoms with Gasteiger partial charge in [-0.05, 0) is 118 Å². The third kappa shape index (κ3) is 7.67. The molecule has 2 nitrogen and oxygen atoms in total. The molecule has 10 aromatic carbocycles. The third-order valence-corrected chi connectivity index (χ3v) is 11.9. The molecular formula is C60H46N2. The second-order valence-corrected chi connectivity index (χ2v) is 15.9. The fourth-order valence-corrected chi connectivity index (χ4v) is 8.62. The van der Waals surface area contributed by atoms with Crippen LogP contribution in [0.15, 0.2) is 231 Å². The van der Waals surface area contributed by atoms with E-state index in [0.717, 1.165) is 22.5 Å². The summed E-state index contributed by atoms with van der Waals surface area (Å²) >= 11 is 0. The Kier molecular flexibility index (Phi) is 10.5. The predicted octanol–water partition coefficient (Wildman–Crippen LogP) is 17.1. The summed E-state index contributed by atoms with van der Waals surface area (Å²) in [7, 11) is 0. The molecule has 0 aliphatic rings. The lowest BCUT2D eigenvalue weighted by molar-refractivity contribution is 1.26. The highest BCUT2D eigenvalue weighted by atomic mass is 15.2. The van der Waals surface area contributed by atoms with Gasteiger partial charge in [0, 0.05) is 33.5 Å². The fourth-order valence-electron chi connectivity index (χ4n) is 8.62. The van der Waals surface area contributed by atoms with Crippen molar-refractivity contribution in [2.45, 2.75) is 13.8 Å². The van der Waals surface area contributed by atoms with Crippen LogP contribution in [0.5, 0.6) is 0 Å². The van der Waals surface area contributed by atoms with Crippen LogP contribution >= 0.6 is 0 Å². The van der Waals surface area contributed by atoms with E-state index in [9.17, 15) is 0 Å². The lowest BCUT2D eigenvalue weighted by Gasteiger charge is -2.28. The van der Waals surface area contributed by atoms with E-state index in [2.05, 4.69) is 266 Å². The zero-order valence-electron chi connectivity index (χ0n) is 35.0. The molecule has 0 unspecified atom stereocenters. The summed E-state index contributed by atoms with van der Waals surface area (Å²) in [6, 6.07) is 83.1. The Morgan fingerprint density at radius 3 is 0.968 bits per heavy atom. The summed E-state index contributed by atoms with van der Waals surface area (Å²) in [6.45, 7) is 4.36. The van der Waals surface area contributed by atoms with Crippen molar-refractivity contribution in [3.05, 3.63) is 253 Å². The van der Waals surface area contributed by atoms with Crippen molar-refractivity contribution in [2.75, 3.05) is 9.80 Å². The summed E-state index contributed by atoms with van der Waals surface area (Å²) < 4.78 is 0. The molecule has 2 heteroatoms. The Labute approximate surface area is 364 Å². The molecule has 296 valence electrons. The molecule has 0 aliphatic carbocycles. The number of fused-ring (bicyclic) bond motifs is 2. The van der Waals surface area contributed by atoms with E-state index in [-0.39, 0.29) is 0 Å². The maximum Gasteiger partial charge on any atom is 0.0540 e. The first-order valence-electron chi connectivity index (χ1n) is 21.3. The molecule has 0 aliphatic heterocycles. The zero-order valence-corrected chi connectivity index (χ0v) is 35.0. The van der Waals surface area contributed by atoms with Crippen LogP contribution in [0.2, 0.25) is 0 Å². The number of nitrogens with zero attached hydrogens (tertiary/aromatic N) is 2. The standard InChI is InChI=1S/C60H46N2/c1-43-13-3-9-21-57(43)61(59-23-11-17-51-15-5-7-19-55(51)59)53-39-35-49(36-40-53)47-31-27-45(28-32-47)25-26-46-29-33-48(34-30-46)50-37-41-54(42-38-50)62(58-22-10-4-14-44(58)2)60-24-12-18-52-16-6-8-20-56(52)60/h3-42H,1-2H3. The molecular weight excluding hydrogens is 749 g/mol. The summed E-state index contributed by atoms with van der Waals surface area (Å²) in [4.78, 5) is 4.76. The van der Waals surface area contributed by atoms with Gasteiger partial charge in [0.15, 0.2) is 0 Å². The Morgan fingerprint density at radius 1 is 0.274 bits per heavy atom. The van der Waals surface area contributed by atoms with E-state index in [1.807, 2.05) is 0 Å². The van der Waals surface area contributed by atoms with Crippen LogP contribution in [0.25, 0.3) is 56.0 Å². The van der Waals surface area contributed by atoms with Gasteiger partial charge in [0.25, 0.3) is 0 Å². The van der Waals surface area contributed by atoms with Gasteiger partial charge in [0.1, 0.15) is 0 Å². The van der Waals surface area contributed by atoms with Gasteiger partial charge in [0.05, 0.1) is 11.4 Å². The van der Waals surface area contributed by atoms with Gasteiger partial charge in [-0.1, -0.05) is 194 Å². The Morgan fingerprint density at radius 2 is 0.581 bits per heavy atom. The molecule has 0 bridgehead atoms. The first-order chi connectivity index (χ1) is 30.6. The van der Waals surface area contributed by atoms with Gasteiger partial charge in [-0.2, -0.15) is 0 Å². The Hall–Kier alpha value is -7.94. The van der Waals surface area contributed by atoms with E-state index >= 15 is 0 Å². The number of benzene rings is 10. The monoisotopic (exact) mass is 794 g/mol. The van der Waals surface area contributed by atoms with Gasteiger partial charge in [-0.3, -0.25) is 0 Å². The van der Waals surface area contributed by atoms with Gasteiger partial charge < -0.3 is 9.80 Å².